The lowest BCUT2D eigenvalue weighted by molar-refractivity contribution is 0.294. The summed E-state index contributed by atoms with van der Waals surface area (Å²) in [7, 11) is 0. The molecule has 1 atom stereocenters. The Morgan fingerprint density at radius 2 is 2.25 bits per heavy atom. The number of likely N-dealkylation sites (tertiary alicyclic amines) is 1. The first-order valence-corrected chi connectivity index (χ1v) is 5.88. The molecule has 0 saturated carbocycles. The van der Waals surface area contributed by atoms with Gasteiger partial charge in [-0.1, -0.05) is 6.92 Å². The number of rotatable bonds is 5. The molecule has 0 aromatic carbocycles. The average molecular weight is 224 g/mol. The number of H-pyrrole nitrogens is 1. The van der Waals surface area contributed by atoms with Gasteiger partial charge in [-0.3, -0.25) is 0 Å². The quantitative estimate of drug-likeness (QED) is 0.679. The Balaban J connectivity index is 1.68. The van der Waals surface area contributed by atoms with Crippen LogP contribution in [0, 0.1) is 5.92 Å². The van der Waals surface area contributed by atoms with E-state index >= 15 is 0 Å². The molecule has 0 amide bonds. The number of aromatic amines is 1. The van der Waals surface area contributed by atoms with Crippen molar-refractivity contribution in [3.05, 3.63) is 0 Å². The van der Waals surface area contributed by atoms with Crippen molar-refractivity contribution in [2.24, 2.45) is 5.92 Å². The number of anilines is 2. The summed E-state index contributed by atoms with van der Waals surface area (Å²) in [6, 6.07) is 0. The normalized spacial score (nSPS) is 18.8. The highest BCUT2D eigenvalue weighted by atomic mass is 15.3. The molecule has 16 heavy (non-hydrogen) atoms. The molecule has 0 aliphatic carbocycles. The van der Waals surface area contributed by atoms with E-state index in [0.717, 1.165) is 13.1 Å². The van der Waals surface area contributed by atoms with E-state index < -0.39 is 0 Å². The molecule has 1 aromatic rings. The van der Waals surface area contributed by atoms with E-state index in [1.807, 2.05) is 0 Å². The van der Waals surface area contributed by atoms with Gasteiger partial charge in [0.2, 0.25) is 11.9 Å². The van der Waals surface area contributed by atoms with Gasteiger partial charge in [0.1, 0.15) is 0 Å². The molecule has 90 valence electrons. The summed E-state index contributed by atoms with van der Waals surface area (Å²) in [5, 5.41) is 9.72. The molecule has 1 saturated heterocycles. The second kappa shape index (κ2) is 5.16. The van der Waals surface area contributed by atoms with E-state index in [-0.39, 0.29) is 0 Å². The summed E-state index contributed by atoms with van der Waals surface area (Å²) >= 11 is 0. The van der Waals surface area contributed by atoms with Gasteiger partial charge in [-0.25, -0.2) is 5.10 Å². The van der Waals surface area contributed by atoms with Crippen LogP contribution in [-0.2, 0) is 0 Å². The zero-order chi connectivity index (χ0) is 11.4. The first-order chi connectivity index (χ1) is 7.74. The van der Waals surface area contributed by atoms with Gasteiger partial charge in [0.15, 0.2) is 0 Å². The van der Waals surface area contributed by atoms with Gasteiger partial charge in [-0.15, -0.1) is 5.10 Å². The summed E-state index contributed by atoms with van der Waals surface area (Å²) in [5.74, 6) is 1.54. The molecule has 1 unspecified atom stereocenters. The molecule has 0 bridgehead atoms. The van der Waals surface area contributed by atoms with Gasteiger partial charge >= 0.3 is 0 Å². The molecular formula is C10H20N6. The third kappa shape index (κ3) is 3.10. The first-order valence-electron chi connectivity index (χ1n) is 5.88. The molecule has 1 aromatic heterocycles. The lowest BCUT2D eigenvalue weighted by atomic mass is 10.1. The Kier molecular flexibility index (Phi) is 3.61. The van der Waals surface area contributed by atoms with Crippen LogP contribution in [0.25, 0.3) is 0 Å². The predicted octanol–water partition coefficient (Wildman–Crippen LogP) is 0.531. The van der Waals surface area contributed by atoms with Gasteiger partial charge in [-0.05, 0) is 31.8 Å². The Morgan fingerprint density at radius 1 is 1.50 bits per heavy atom. The molecule has 2 rings (SSSR count). The number of hydrogen-bond acceptors (Lipinski definition) is 5. The number of nitrogens with one attached hydrogen (secondary N) is 2. The van der Waals surface area contributed by atoms with Crippen molar-refractivity contribution in [1.82, 2.24) is 20.1 Å². The van der Waals surface area contributed by atoms with Crippen LogP contribution in [0.3, 0.4) is 0 Å². The van der Waals surface area contributed by atoms with E-state index in [0.29, 0.717) is 17.8 Å². The summed E-state index contributed by atoms with van der Waals surface area (Å²) in [5.41, 5.74) is 5.44. The fraction of sp³-hybridized carbons (Fsp3) is 0.800. The van der Waals surface area contributed by atoms with Crippen molar-refractivity contribution in [3.63, 3.8) is 0 Å². The van der Waals surface area contributed by atoms with E-state index in [9.17, 15) is 0 Å². The van der Waals surface area contributed by atoms with Crippen LogP contribution >= 0.6 is 0 Å². The number of nitrogen functional groups attached to an aromatic ring is 1. The Morgan fingerprint density at radius 3 is 2.88 bits per heavy atom. The highest BCUT2D eigenvalue weighted by Gasteiger charge is 2.14. The molecular weight excluding hydrogens is 204 g/mol. The monoisotopic (exact) mass is 224 g/mol. The van der Waals surface area contributed by atoms with Gasteiger partial charge in [0.25, 0.3) is 0 Å². The zero-order valence-electron chi connectivity index (χ0n) is 9.74. The number of hydrogen-bond donors (Lipinski definition) is 3. The van der Waals surface area contributed by atoms with Crippen molar-refractivity contribution >= 4 is 11.9 Å². The van der Waals surface area contributed by atoms with Gasteiger partial charge in [-0.2, -0.15) is 4.98 Å². The number of nitrogens with zero attached hydrogens (tertiary/aromatic N) is 3. The molecule has 2 heterocycles. The van der Waals surface area contributed by atoms with Crippen molar-refractivity contribution in [2.45, 2.75) is 19.8 Å². The highest BCUT2D eigenvalue weighted by Crippen LogP contribution is 2.10. The Labute approximate surface area is 95.6 Å². The third-order valence-electron chi connectivity index (χ3n) is 2.88. The van der Waals surface area contributed by atoms with Crippen molar-refractivity contribution in [1.29, 1.82) is 0 Å². The van der Waals surface area contributed by atoms with Gasteiger partial charge < -0.3 is 16.0 Å². The highest BCUT2D eigenvalue weighted by molar-refractivity contribution is 5.29. The summed E-state index contributed by atoms with van der Waals surface area (Å²) in [6.45, 7) is 6.76. The van der Waals surface area contributed by atoms with Crippen molar-refractivity contribution < 1.29 is 0 Å². The molecule has 6 heteroatoms. The fourth-order valence-electron chi connectivity index (χ4n) is 2.09. The van der Waals surface area contributed by atoms with E-state index in [2.05, 4.69) is 32.3 Å². The van der Waals surface area contributed by atoms with Crippen LogP contribution in [0.1, 0.15) is 19.8 Å². The van der Waals surface area contributed by atoms with Crippen molar-refractivity contribution in [3.8, 4) is 0 Å². The van der Waals surface area contributed by atoms with Crippen LogP contribution in [0.5, 0.6) is 0 Å². The minimum Gasteiger partial charge on any atom is -0.368 e. The molecule has 1 aliphatic heterocycles. The molecule has 0 spiro atoms. The second-order valence-electron chi connectivity index (χ2n) is 4.54. The first kappa shape index (κ1) is 11.2. The van der Waals surface area contributed by atoms with Gasteiger partial charge in [0, 0.05) is 13.1 Å². The largest absolute Gasteiger partial charge is 0.368 e. The maximum Gasteiger partial charge on any atom is 0.243 e. The van der Waals surface area contributed by atoms with Gasteiger partial charge in [0.05, 0.1) is 0 Å². The molecule has 4 N–H and O–H groups in total. The predicted molar refractivity (Wildman–Crippen MR) is 64.1 cm³/mol. The van der Waals surface area contributed by atoms with E-state index in [1.165, 1.54) is 25.9 Å². The summed E-state index contributed by atoms with van der Waals surface area (Å²) in [4.78, 5) is 6.51. The lowest BCUT2D eigenvalue weighted by Crippen LogP contribution is -2.29. The third-order valence-corrected chi connectivity index (χ3v) is 2.88. The van der Waals surface area contributed by atoms with Crippen LogP contribution < -0.4 is 11.1 Å². The SMILES string of the molecule is CC(CNc1n[nH]c(N)n1)CN1CCCC1. The molecule has 6 nitrogen and oxygen atoms in total. The van der Waals surface area contributed by atoms with Crippen LogP contribution in [0.4, 0.5) is 11.9 Å². The van der Waals surface area contributed by atoms with E-state index in [4.69, 9.17) is 5.73 Å². The molecule has 1 aliphatic rings. The summed E-state index contributed by atoms with van der Waals surface area (Å²) < 4.78 is 0. The maximum atomic E-state index is 5.44. The second-order valence-corrected chi connectivity index (χ2v) is 4.54. The number of nitrogens with two attached hydrogens (primary N) is 1. The fourth-order valence-corrected chi connectivity index (χ4v) is 2.09. The van der Waals surface area contributed by atoms with Crippen LogP contribution in [-0.4, -0.2) is 46.3 Å². The number of aromatic nitrogens is 3. The zero-order valence-corrected chi connectivity index (χ0v) is 9.74. The smallest absolute Gasteiger partial charge is 0.243 e. The maximum absolute atomic E-state index is 5.44. The van der Waals surface area contributed by atoms with E-state index in [1.54, 1.807) is 0 Å². The average Bonchev–Trinajstić information content (AvgIpc) is 2.87. The van der Waals surface area contributed by atoms with Crippen molar-refractivity contribution in [2.75, 3.05) is 37.2 Å². The molecule has 0 radical (unpaired) electrons. The molecule has 1 fully saturated rings. The Bertz CT molecular complexity index is 317. The minimum atomic E-state index is 0.356. The summed E-state index contributed by atoms with van der Waals surface area (Å²) in [6.07, 6.45) is 2.69. The standard InChI is InChI=1S/C10H20N6/c1-8(7-16-4-2-3-5-16)6-12-10-13-9(11)14-15-10/h8H,2-7H2,1H3,(H4,11,12,13,14,15). The van der Waals surface area contributed by atoms with Crippen LogP contribution in [0.2, 0.25) is 0 Å². The lowest BCUT2D eigenvalue weighted by Gasteiger charge is -2.19. The minimum absolute atomic E-state index is 0.356. The topological polar surface area (TPSA) is 82.9 Å². The van der Waals surface area contributed by atoms with Crippen LogP contribution in [0.15, 0.2) is 0 Å². The Hall–Kier alpha value is -1.30.